The topological polar surface area (TPSA) is 29.1 Å². The molecule has 0 saturated heterocycles. The Balaban J connectivity index is 2.45. The summed E-state index contributed by atoms with van der Waals surface area (Å²) in [6.07, 6.45) is -1.00. The third-order valence-corrected chi connectivity index (χ3v) is 4.99. The van der Waals surface area contributed by atoms with Gasteiger partial charge in [0.2, 0.25) is 0 Å². The van der Waals surface area contributed by atoms with E-state index in [0.29, 0.717) is 0 Å². The van der Waals surface area contributed by atoms with Crippen LogP contribution in [0.4, 0.5) is 48.3 Å². The number of halogens is 12. The van der Waals surface area contributed by atoms with Crippen molar-refractivity contribution < 1.29 is 53.1 Å². The number of allylic oxidation sites excluding steroid dienone is 1. The van der Waals surface area contributed by atoms with E-state index in [0.717, 1.165) is 22.6 Å². The van der Waals surface area contributed by atoms with Crippen molar-refractivity contribution in [3.8, 4) is 0 Å². The molecule has 1 aromatic rings. The maximum Gasteiger partial charge on any atom is 0.384 e. The zero-order valence-electron chi connectivity index (χ0n) is 14.1. The molecule has 0 spiro atoms. The molecule has 168 valence electrons. The highest BCUT2D eigenvalue weighted by molar-refractivity contribution is 14.1. The van der Waals surface area contributed by atoms with Crippen LogP contribution < -0.4 is 5.32 Å². The number of carbonyl (C=O) groups is 1. The molecule has 0 unspecified atom stereocenters. The predicted molar refractivity (Wildman–Crippen MR) is 89.5 cm³/mol. The van der Waals surface area contributed by atoms with Crippen molar-refractivity contribution in [2.75, 3.05) is 6.54 Å². The highest BCUT2D eigenvalue weighted by atomic mass is 127. The lowest BCUT2D eigenvalue weighted by atomic mass is 9.72. The van der Waals surface area contributed by atoms with Gasteiger partial charge >= 0.3 is 29.6 Å². The van der Waals surface area contributed by atoms with Crippen LogP contribution in [0, 0.1) is 0 Å². The second-order valence-electron chi connectivity index (χ2n) is 6.22. The molecule has 1 N–H and O–H groups in total. The van der Waals surface area contributed by atoms with Crippen LogP contribution in [-0.4, -0.2) is 47.7 Å². The molecular formula is C16H9F11INO. The molecule has 0 atom stereocenters. The lowest BCUT2D eigenvalue weighted by Gasteiger charge is -2.51. The van der Waals surface area contributed by atoms with Gasteiger partial charge in [-0.1, -0.05) is 18.2 Å². The average molecular weight is 567 g/mol. The summed E-state index contributed by atoms with van der Waals surface area (Å²) in [5.41, 5.74) is -6.23. The third kappa shape index (κ3) is 3.07. The van der Waals surface area contributed by atoms with Crippen LogP contribution in [0.5, 0.6) is 0 Å². The fraction of sp³-hybridized carbons (Fsp3) is 0.438. The SMILES string of the molecule is O=C(NCC(I)=CC1(F)C(F)(F)C(F)(F)C(F)(F)C(F)(F)C1(F)F)c1ccccc1. The van der Waals surface area contributed by atoms with Gasteiger partial charge in [0.1, 0.15) is 0 Å². The molecule has 0 aliphatic heterocycles. The smallest absolute Gasteiger partial charge is 0.348 e. The summed E-state index contributed by atoms with van der Waals surface area (Å²) in [6.45, 7) is -1.03. The number of rotatable bonds is 4. The minimum atomic E-state index is -7.26. The van der Waals surface area contributed by atoms with E-state index < -0.39 is 57.4 Å². The van der Waals surface area contributed by atoms with Crippen molar-refractivity contribution in [2.45, 2.75) is 35.3 Å². The van der Waals surface area contributed by atoms with Gasteiger partial charge in [-0.3, -0.25) is 4.79 Å². The first kappa shape index (κ1) is 24.7. The van der Waals surface area contributed by atoms with Crippen molar-refractivity contribution in [3.63, 3.8) is 0 Å². The molecule has 1 saturated carbocycles. The Morgan fingerprint density at radius 2 is 1.17 bits per heavy atom. The van der Waals surface area contributed by atoms with E-state index in [2.05, 4.69) is 0 Å². The van der Waals surface area contributed by atoms with Gasteiger partial charge in [-0.15, -0.1) is 0 Å². The van der Waals surface area contributed by atoms with Gasteiger partial charge in [0.25, 0.3) is 11.6 Å². The van der Waals surface area contributed by atoms with Crippen LogP contribution in [0.3, 0.4) is 0 Å². The first-order valence-corrected chi connectivity index (χ1v) is 8.75. The first-order valence-electron chi connectivity index (χ1n) is 7.67. The van der Waals surface area contributed by atoms with Crippen molar-refractivity contribution in [2.24, 2.45) is 0 Å². The minimum Gasteiger partial charge on any atom is -0.348 e. The van der Waals surface area contributed by atoms with Gasteiger partial charge in [0.15, 0.2) is 0 Å². The highest BCUT2D eigenvalue weighted by Gasteiger charge is 3.00. The fourth-order valence-corrected chi connectivity index (χ4v) is 3.17. The predicted octanol–water partition coefficient (Wildman–Crippen LogP) is 5.63. The lowest BCUT2D eigenvalue weighted by molar-refractivity contribution is -0.476. The Morgan fingerprint density at radius 1 is 0.767 bits per heavy atom. The Labute approximate surface area is 174 Å². The maximum atomic E-state index is 14.6. The molecule has 14 heteroatoms. The summed E-state index contributed by atoms with van der Waals surface area (Å²) in [7, 11) is 0. The van der Waals surface area contributed by atoms with Crippen LogP contribution in [0.2, 0.25) is 0 Å². The van der Waals surface area contributed by atoms with E-state index in [1.807, 2.05) is 5.32 Å². The second kappa shape index (κ2) is 7.22. The van der Waals surface area contributed by atoms with Gasteiger partial charge in [-0.2, -0.15) is 43.9 Å². The number of carbonyl (C=O) groups excluding carboxylic acids is 1. The molecule has 0 bridgehead atoms. The maximum absolute atomic E-state index is 14.6. The fourth-order valence-electron chi connectivity index (χ4n) is 2.55. The van der Waals surface area contributed by atoms with Gasteiger partial charge in [0.05, 0.1) is 0 Å². The zero-order chi connectivity index (χ0) is 23.4. The normalized spacial score (nSPS) is 25.4. The van der Waals surface area contributed by atoms with Crippen molar-refractivity contribution >= 4 is 28.5 Å². The van der Waals surface area contributed by atoms with Gasteiger partial charge in [-0.25, -0.2) is 4.39 Å². The molecule has 30 heavy (non-hydrogen) atoms. The average Bonchev–Trinajstić information content (AvgIpc) is 2.65. The Kier molecular flexibility index (Phi) is 5.94. The quantitative estimate of drug-likeness (QED) is 0.371. The molecule has 1 aromatic carbocycles. The van der Waals surface area contributed by atoms with E-state index in [4.69, 9.17) is 0 Å². The van der Waals surface area contributed by atoms with Crippen LogP contribution in [0.1, 0.15) is 10.4 Å². The number of hydrogen-bond donors (Lipinski definition) is 1. The summed E-state index contributed by atoms with van der Waals surface area (Å²) < 4.78 is 149. The van der Waals surface area contributed by atoms with Gasteiger partial charge < -0.3 is 5.32 Å². The number of nitrogens with one attached hydrogen (secondary N) is 1. The molecule has 1 amide bonds. The number of benzene rings is 1. The van der Waals surface area contributed by atoms with Crippen LogP contribution in [0.25, 0.3) is 0 Å². The first-order chi connectivity index (χ1) is 13.4. The molecule has 2 rings (SSSR count). The van der Waals surface area contributed by atoms with Crippen LogP contribution in [-0.2, 0) is 0 Å². The summed E-state index contributed by atoms with van der Waals surface area (Å²) in [6, 6.07) is 6.83. The summed E-state index contributed by atoms with van der Waals surface area (Å²) in [5, 5.41) is 1.92. The van der Waals surface area contributed by atoms with Crippen molar-refractivity contribution in [3.05, 3.63) is 45.6 Å². The van der Waals surface area contributed by atoms with Crippen LogP contribution >= 0.6 is 22.6 Å². The van der Waals surface area contributed by atoms with Gasteiger partial charge in [-0.05, 0) is 40.8 Å². The highest BCUT2D eigenvalue weighted by Crippen LogP contribution is 2.69. The number of alkyl halides is 11. The Hall–Kier alpha value is -1.61. The monoisotopic (exact) mass is 567 g/mol. The summed E-state index contributed by atoms with van der Waals surface area (Å²) >= 11 is 0.835. The van der Waals surface area contributed by atoms with E-state index >= 15 is 0 Å². The lowest BCUT2D eigenvalue weighted by Crippen LogP contribution is -2.83. The minimum absolute atomic E-state index is 0.0253. The Morgan fingerprint density at radius 3 is 1.60 bits per heavy atom. The Bertz CT molecular complexity index is 824. The molecule has 0 heterocycles. The summed E-state index contributed by atoms with van der Waals surface area (Å²) in [5.74, 6) is -36.4. The molecular weight excluding hydrogens is 558 g/mol. The van der Waals surface area contributed by atoms with Gasteiger partial charge in [0, 0.05) is 15.7 Å². The zero-order valence-corrected chi connectivity index (χ0v) is 16.3. The third-order valence-electron chi connectivity index (χ3n) is 4.30. The van der Waals surface area contributed by atoms with Crippen molar-refractivity contribution in [1.82, 2.24) is 5.32 Å². The van der Waals surface area contributed by atoms with E-state index in [1.165, 1.54) is 30.3 Å². The van der Waals surface area contributed by atoms with E-state index in [-0.39, 0.29) is 5.56 Å². The molecule has 0 radical (unpaired) electrons. The number of hydrogen-bond acceptors (Lipinski definition) is 1. The largest absolute Gasteiger partial charge is 0.384 e. The molecule has 1 fully saturated rings. The standard InChI is InChI=1S/C16H9F11INO/c17-11(6-9(28)7-29-10(30)8-4-2-1-3-5-8)12(18,19)14(22,23)16(26,27)15(24,25)13(11,20)21/h1-6H,7H2,(H,29,30). The molecule has 0 aromatic heterocycles. The van der Waals surface area contributed by atoms with Crippen molar-refractivity contribution in [1.29, 1.82) is 0 Å². The summed E-state index contributed by atoms with van der Waals surface area (Å²) in [4.78, 5) is 11.8. The van der Waals surface area contributed by atoms with E-state index in [1.54, 1.807) is 0 Å². The second-order valence-corrected chi connectivity index (χ2v) is 7.61. The molecule has 1 aliphatic rings. The molecule has 1 aliphatic carbocycles. The van der Waals surface area contributed by atoms with Crippen LogP contribution in [0.15, 0.2) is 40.0 Å². The molecule has 2 nitrogen and oxygen atoms in total. The number of amides is 1. The van der Waals surface area contributed by atoms with E-state index in [9.17, 15) is 53.1 Å².